The van der Waals surface area contributed by atoms with Crippen molar-refractivity contribution in [2.24, 2.45) is 0 Å². The molecule has 4 nitrogen and oxygen atoms in total. The molecule has 0 unspecified atom stereocenters. The van der Waals surface area contributed by atoms with E-state index in [4.69, 9.17) is 9.47 Å². The van der Waals surface area contributed by atoms with E-state index in [2.05, 4.69) is 24.3 Å². The topological polar surface area (TPSA) is 38.8 Å². The second-order valence-electron chi connectivity index (χ2n) is 8.88. The van der Waals surface area contributed by atoms with Crippen LogP contribution in [0.5, 0.6) is 11.5 Å². The maximum atomic E-state index is 14.2. The first-order chi connectivity index (χ1) is 18.7. The van der Waals surface area contributed by atoms with Gasteiger partial charge in [-0.05, 0) is 58.7 Å². The van der Waals surface area contributed by atoms with Crippen LogP contribution in [-0.4, -0.2) is 13.0 Å². The Hall–Kier alpha value is -4.83. The lowest BCUT2D eigenvalue weighted by Gasteiger charge is -2.25. The Kier molecular flexibility index (Phi) is 7.80. The zero-order chi connectivity index (χ0) is 26.2. The molecule has 0 fully saturated rings. The average molecular weight is 500 g/mol. The van der Waals surface area contributed by atoms with E-state index in [-0.39, 0.29) is 5.91 Å². The summed E-state index contributed by atoms with van der Waals surface area (Å²) in [5, 5.41) is 0. The van der Waals surface area contributed by atoms with E-state index in [1.165, 1.54) is 0 Å². The summed E-state index contributed by atoms with van der Waals surface area (Å²) in [6.07, 6.45) is 0. The molecule has 0 saturated carbocycles. The standard InChI is InChI=1S/C34H29NO3/c1-37-30-22-20-29(21-23-30)35(24-28-16-8-9-17-31(28)27-14-6-3-7-15-27)34(36)32-18-10-11-19-33(32)38-25-26-12-4-2-5-13-26/h2-23H,24-25H2,1H3. The van der Waals surface area contributed by atoms with Gasteiger partial charge in [0.15, 0.2) is 0 Å². The van der Waals surface area contributed by atoms with Gasteiger partial charge in [-0.25, -0.2) is 0 Å². The quantitative estimate of drug-likeness (QED) is 0.208. The number of amides is 1. The Balaban J connectivity index is 1.51. The molecule has 188 valence electrons. The number of methoxy groups -OCH3 is 1. The summed E-state index contributed by atoms with van der Waals surface area (Å²) in [7, 11) is 1.63. The molecule has 0 N–H and O–H groups in total. The zero-order valence-corrected chi connectivity index (χ0v) is 21.3. The number of hydrogen-bond donors (Lipinski definition) is 0. The van der Waals surface area contributed by atoms with Gasteiger partial charge in [-0.2, -0.15) is 0 Å². The summed E-state index contributed by atoms with van der Waals surface area (Å²) in [6.45, 7) is 0.772. The van der Waals surface area contributed by atoms with E-state index in [9.17, 15) is 4.79 Å². The summed E-state index contributed by atoms with van der Waals surface area (Å²) in [4.78, 5) is 16.0. The van der Waals surface area contributed by atoms with Crippen molar-refractivity contribution in [1.82, 2.24) is 0 Å². The molecular weight excluding hydrogens is 470 g/mol. The van der Waals surface area contributed by atoms with Gasteiger partial charge >= 0.3 is 0 Å². The number of carbonyl (C=O) groups is 1. The second-order valence-corrected chi connectivity index (χ2v) is 8.88. The van der Waals surface area contributed by atoms with Crippen LogP contribution in [0.15, 0.2) is 133 Å². The fourth-order valence-electron chi connectivity index (χ4n) is 4.42. The van der Waals surface area contributed by atoms with Crippen molar-refractivity contribution in [3.05, 3.63) is 150 Å². The lowest BCUT2D eigenvalue weighted by molar-refractivity contribution is 0.0980. The summed E-state index contributed by atoms with van der Waals surface area (Å²) < 4.78 is 11.5. The number of carbonyl (C=O) groups excluding carboxylic acids is 1. The third-order valence-corrected chi connectivity index (χ3v) is 6.41. The molecular formula is C34H29NO3. The molecule has 0 atom stereocenters. The molecule has 0 bridgehead atoms. The van der Waals surface area contributed by atoms with Crippen LogP contribution < -0.4 is 14.4 Å². The molecule has 0 aliphatic carbocycles. The van der Waals surface area contributed by atoms with E-state index >= 15 is 0 Å². The molecule has 38 heavy (non-hydrogen) atoms. The molecule has 4 heteroatoms. The first-order valence-electron chi connectivity index (χ1n) is 12.6. The zero-order valence-electron chi connectivity index (χ0n) is 21.3. The van der Waals surface area contributed by atoms with Crippen molar-refractivity contribution < 1.29 is 14.3 Å². The Labute approximate surface area is 223 Å². The largest absolute Gasteiger partial charge is 0.497 e. The number of anilines is 1. The number of ether oxygens (including phenoxy) is 2. The predicted molar refractivity (Wildman–Crippen MR) is 153 cm³/mol. The molecule has 5 aromatic carbocycles. The number of hydrogen-bond acceptors (Lipinski definition) is 3. The van der Waals surface area contributed by atoms with Gasteiger partial charge in [0.1, 0.15) is 18.1 Å². The smallest absolute Gasteiger partial charge is 0.262 e. The lowest BCUT2D eigenvalue weighted by Crippen LogP contribution is -2.31. The number of para-hydroxylation sites is 1. The van der Waals surface area contributed by atoms with Crippen molar-refractivity contribution in [2.45, 2.75) is 13.2 Å². The fraction of sp³-hybridized carbons (Fsp3) is 0.0882. The second kappa shape index (κ2) is 11.9. The monoisotopic (exact) mass is 499 g/mol. The summed E-state index contributed by atoms with van der Waals surface area (Å²) in [5.41, 5.74) is 5.57. The van der Waals surface area contributed by atoms with Gasteiger partial charge in [-0.3, -0.25) is 4.79 Å². The first kappa shape index (κ1) is 24.8. The van der Waals surface area contributed by atoms with Crippen molar-refractivity contribution >= 4 is 11.6 Å². The highest BCUT2D eigenvalue weighted by atomic mass is 16.5. The van der Waals surface area contributed by atoms with Crippen LogP contribution in [0.3, 0.4) is 0 Å². The number of benzene rings is 5. The van der Waals surface area contributed by atoms with Crippen LogP contribution in [0.4, 0.5) is 5.69 Å². The Bertz CT molecular complexity index is 1480. The maximum absolute atomic E-state index is 14.2. The lowest BCUT2D eigenvalue weighted by atomic mass is 9.99. The summed E-state index contributed by atoms with van der Waals surface area (Å²) in [5.74, 6) is 1.15. The van der Waals surface area contributed by atoms with E-state index in [1.54, 1.807) is 12.0 Å². The molecule has 0 spiro atoms. The van der Waals surface area contributed by atoms with Gasteiger partial charge < -0.3 is 14.4 Å². The molecule has 0 radical (unpaired) electrons. The van der Waals surface area contributed by atoms with Crippen LogP contribution in [0.1, 0.15) is 21.5 Å². The van der Waals surface area contributed by atoms with Gasteiger partial charge in [0.05, 0.1) is 19.2 Å². The highest BCUT2D eigenvalue weighted by Gasteiger charge is 2.23. The first-order valence-corrected chi connectivity index (χ1v) is 12.6. The summed E-state index contributed by atoms with van der Waals surface area (Å²) in [6, 6.07) is 43.4. The molecule has 5 rings (SSSR count). The average Bonchev–Trinajstić information content (AvgIpc) is 3.00. The minimum absolute atomic E-state index is 0.137. The normalized spacial score (nSPS) is 10.6. The van der Waals surface area contributed by atoms with Crippen LogP contribution in [-0.2, 0) is 13.2 Å². The van der Waals surface area contributed by atoms with Gasteiger partial charge in [0.25, 0.3) is 5.91 Å². The Morgan fingerprint density at radius 1 is 0.684 bits per heavy atom. The SMILES string of the molecule is COc1ccc(N(Cc2ccccc2-c2ccccc2)C(=O)c2ccccc2OCc2ccccc2)cc1. The third-order valence-electron chi connectivity index (χ3n) is 6.41. The molecule has 1 amide bonds. The van der Waals surface area contributed by atoms with Crippen molar-refractivity contribution in [2.75, 3.05) is 12.0 Å². The molecule has 0 aliphatic heterocycles. The van der Waals surface area contributed by atoms with E-state index in [0.29, 0.717) is 24.5 Å². The van der Waals surface area contributed by atoms with E-state index < -0.39 is 0 Å². The van der Waals surface area contributed by atoms with Crippen molar-refractivity contribution in [3.63, 3.8) is 0 Å². The maximum Gasteiger partial charge on any atom is 0.262 e. The molecule has 5 aromatic rings. The Morgan fingerprint density at radius 3 is 2.05 bits per heavy atom. The predicted octanol–water partition coefficient (Wildman–Crippen LogP) is 7.79. The van der Waals surface area contributed by atoms with Crippen LogP contribution in [0.2, 0.25) is 0 Å². The van der Waals surface area contributed by atoms with E-state index in [0.717, 1.165) is 33.7 Å². The minimum atomic E-state index is -0.137. The third kappa shape index (κ3) is 5.76. The van der Waals surface area contributed by atoms with Gasteiger partial charge in [0, 0.05) is 5.69 Å². The van der Waals surface area contributed by atoms with Gasteiger partial charge in [-0.1, -0.05) is 97.1 Å². The molecule has 0 aliphatic rings. The fourth-order valence-corrected chi connectivity index (χ4v) is 4.42. The number of rotatable bonds is 9. The number of nitrogens with zero attached hydrogens (tertiary/aromatic N) is 1. The Morgan fingerprint density at radius 2 is 1.32 bits per heavy atom. The highest BCUT2D eigenvalue weighted by molar-refractivity contribution is 6.08. The minimum Gasteiger partial charge on any atom is -0.497 e. The van der Waals surface area contributed by atoms with E-state index in [1.807, 2.05) is 109 Å². The van der Waals surface area contributed by atoms with Crippen LogP contribution in [0.25, 0.3) is 11.1 Å². The van der Waals surface area contributed by atoms with Gasteiger partial charge in [-0.15, -0.1) is 0 Å². The summed E-state index contributed by atoms with van der Waals surface area (Å²) >= 11 is 0. The van der Waals surface area contributed by atoms with Crippen molar-refractivity contribution in [1.29, 1.82) is 0 Å². The van der Waals surface area contributed by atoms with Crippen LogP contribution >= 0.6 is 0 Å². The molecule has 0 aromatic heterocycles. The van der Waals surface area contributed by atoms with Gasteiger partial charge in [0.2, 0.25) is 0 Å². The van der Waals surface area contributed by atoms with Crippen molar-refractivity contribution in [3.8, 4) is 22.6 Å². The highest BCUT2D eigenvalue weighted by Crippen LogP contribution is 2.30. The van der Waals surface area contributed by atoms with Crippen LogP contribution in [0, 0.1) is 0 Å². The molecule has 0 heterocycles. The molecule has 0 saturated heterocycles.